The number of benzene rings is 1. The smallest absolute Gasteiger partial charge is 0.181 e. The van der Waals surface area contributed by atoms with Gasteiger partial charge < -0.3 is 15.2 Å². The second-order valence-corrected chi connectivity index (χ2v) is 3.58. The van der Waals surface area contributed by atoms with Crippen molar-refractivity contribution in [1.82, 2.24) is 0 Å². The van der Waals surface area contributed by atoms with Crippen LogP contribution in [0.15, 0.2) is 16.6 Å². The highest BCUT2D eigenvalue weighted by molar-refractivity contribution is 9.10. The van der Waals surface area contributed by atoms with Crippen molar-refractivity contribution in [2.24, 2.45) is 5.73 Å². The maximum atomic E-state index is 11.6. The average molecular weight is 274 g/mol. The van der Waals surface area contributed by atoms with Gasteiger partial charge in [0.25, 0.3) is 0 Å². The zero-order valence-electron chi connectivity index (χ0n) is 8.54. The van der Waals surface area contributed by atoms with Gasteiger partial charge in [0, 0.05) is 0 Å². The van der Waals surface area contributed by atoms with Crippen molar-refractivity contribution < 1.29 is 14.3 Å². The molecular formula is C10H12BrNO3. The van der Waals surface area contributed by atoms with E-state index in [1.165, 1.54) is 14.2 Å². The highest BCUT2D eigenvalue weighted by Crippen LogP contribution is 2.35. The summed E-state index contributed by atoms with van der Waals surface area (Å²) in [6.07, 6.45) is 0. The highest BCUT2D eigenvalue weighted by atomic mass is 79.9. The fourth-order valence-corrected chi connectivity index (χ4v) is 1.94. The first kappa shape index (κ1) is 12.0. The Balaban J connectivity index is 3.35. The molecule has 4 nitrogen and oxygen atoms in total. The fourth-order valence-electron chi connectivity index (χ4n) is 1.23. The Hall–Kier alpha value is -1.07. The molecule has 0 bridgehead atoms. The maximum absolute atomic E-state index is 11.6. The number of carbonyl (C=O) groups is 1. The zero-order valence-corrected chi connectivity index (χ0v) is 10.1. The Morgan fingerprint density at radius 2 is 1.87 bits per heavy atom. The molecule has 0 radical (unpaired) electrons. The van der Waals surface area contributed by atoms with Gasteiger partial charge in [0.1, 0.15) is 11.5 Å². The number of halogens is 1. The van der Waals surface area contributed by atoms with Crippen LogP contribution < -0.4 is 15.2 Å². The summed E-state index contributed by atoms with van der Waals surface area (Å²) in [5.74, 6) is 0.864. The molecule has 0 aromatic heterocycles. The molecule has 0 amide bonds. The first-order chi connectivity index (χ1) is 7.15. The van der Waals surface area contributed by atoms with Crippen LogP contribution in [0.25, 0.3) is 0 Å². The SMILES string of the molecule is COc1ccc(OC)c(C(=O)CN)c1Br. The van der Waals surface area contributed by atoms with Crippen LogP contribution in [-0.4, -0.2) is 26.5 Å². The van der Waals surface area contributed by atoms with Crippen LogP contribution in [0.2, 0.25) is 0 Å². The molecule has 0 saturated carbocycles. The summed E-state index contributed by atoms with van der Waals surface area (Å²) in [6.45, 7) is -0.0673. The summed E-state index contributed by atoms with van der Waals surface area (Å²) in [5, 5.41) is 0. The van der Waals surface area contributed by atoms with Crippen molar-refractivity contribution in [3.05, 3.63) is 22.2 Å². The molecular weight excluding hydrogens is 262 g/mol. The first-order valence-corrected chi connectivity index (χ1v) is 5.08. The molecule has 2 N–H and O–H groups in total. The zero-order chi connectivity index (χ0) is 11.4. The number of methoxy groups -OCH3 is 2. The van der Waals surface area contributed by atoms with E-state index in [1.54, 1.807) is 12.1 Å². The standard InChI is InChI=1S/C10H12BrNO3/c1-14-7-3-4-8(15-2)10(11)9(7)6(13)5-12/h3-4H,5,12H2,1-2H3. The van der Waals surface area contributed by atoms with E-state index in [0.717, 1.165) is 0 Å². The minimum absolute atomic E-state index is 0.0673. The van der Waals surface area contributed by atoms with Crippen LogP contribution in [0.1, 0.15) is 10.4 Å². The molecule has 0 aliphatic rings. The quantitative estimate of drug-likeness (QED) is 0.847. The second kappa shape index (κ2) is 5.14. The Morgan fingerprint density at radius 3 is 2.33 bits per heavy atom. The number of ether oxygens (including phenoxy) is 2. The van der Waals surface area contributed by atoms with Crippen LogP contribution in [0.5, 0.6) is 11.5 Å². The summed E-state index contributed by atoms with van der Waals surface area (Å²) < 4.78 is 10.7. The molecule has 1 aromatic carbocycles. The van der Waals surface area contributed by atoms with Gasteiger partial charge in [0.05, 0.1) is 30.8 Å². The minimum atomic E-state index is -0.197. The molecule has 0 atom stereocenters. The van der Waals surface area contributed by atoms with E-state index in [4.69, 9.17) is 15.2 Å². The van der Waals surface area contributed by atoms with Crippen molar-refractivity contribution in [2.45, 2.75) is 0 Å². The van der Waals surface area contributed by atoms with Crippen LogP contribution in [0.4, 0.5) is 0 Å². The molecule has 0 saturated heterocycles. The van der Waals surface area contributed by atoms with E-state index >= 15 is 0 Å². The molecule has 0 heterocycles. The number of ketones is 1. The minimum Gasteiger partial charge on any atom is -0.496 e. The molecule has 15 heavy (non-hydrogen) atoms. The predicted octanol–water partition coefficient (Wildman–Crippen LogP) is 1.61. The lowest BCUT2D eigenvalue weighted by Crippen LogP contribution is -2.15. The third-order valence-electron chi connectivity index (χ3n) is 1.97. The van der Waals surface area contributed by atoms with E-state index in [1.807, 2.05) is 0 Å². The molecule has 5 heteroatoms. The van der Waals surface area contributed by atoms with Crippen molar-refractivity contribution >= 4 is 21.7 Å². The second-order valence-electron chi connectivity index (χ2n) is 2.79. The Labute approximate surface area is 96.5 Å². The van der Waals surface area contributed by atoms with Crippen LogP contribution in [0, 0.1) is 0 Å². The molecule has 82 valence electrons. The van der Waals surface area contributed by atoms with Crippen molar-refractivity contribution in [2.75, 3.05) is 20.8 Å². The first-order valence-electron chi connectivity index (χ1n) is 4.29. The number of carbonyl (C=O) groups excluding carboxylic acids is 1. The summed E-state index contributed by atoms with van der Waals surface area (Å²) in [6, 6.07) is 3.39. The molecule has 0 spiro atoms. The van der Waals surface area contributed by atoms with E-state index in [-0.39, 0.29) is 12.3 Å². The molecule has 1 aromatic rings. The normalized spacial score (nSPS) is 9.87. The Kier molecular flexibility index (Phi) is 4.11. The summed E-state index contributed by atoms with van der Waals surface area (Å²) in [7, 11) is 3.03. The largest absolute Gasteiger partial charge is 0.496 e. The number of hydrogen-bond donors (Lipinski definition) is 1. The van der Waals surface area contributed by atoms with Gasteiger partial charge in [0.15, 0.2) is 5.78 Å². The average Bonchev–Trinajstić information content (AvgIpc) is 2.27. The number of Topliss-reactive ketones (excluding diaryl/α,β-unsaturated/α-hetero) is 1. The lowest BCUT2D eigenvalue weighted by atomic mass is 10.1. The third kappa shape index (κ3) is 2.30. The van der Waals surface area contributed by atoms with E-state index in [2.05, 4.69) is 15.9 Å². The van der Waals surface area contributed by atoms with Crippen molar-refractivity contribution in [3.63, 3.8) is 0 Å². The predicted molar refractivity (Wildman–Crippen MR) is 60.6 cm³/mol. The number of rotatable bonds is 4. The number of hydrogen-bond acceptors (Lipinski definition) is 4. The van der Waals surface area contributed by atoms with Crippen LogP contribution in [-0.2, 0) is 0 Å². The van der Waals surface area contributed by atoms with E-state index in [9.17, 15) is 4.79 Å². The molecule has 0 fully saturated rings. The summed E-state index contributed by atoms with van der Waals surface area (Å²) in [4.78, 5) is 11.6. The maximum Gasteiger partial charge on any atom is 0.181 e. The van der Waals surface area contributed by atoms with Gasteiger partial charge in [-0.1, -0.05) is 0 Å². The molecule has 0 unspecified atom stereocenters. The lowest BCUT2D eigenvalue weighted by Gasteiger charge is -2.11. The van der Waals surface area contributed by atoms with Gasteiger partial charge in [-0.05, 0) is 28.1 Å². The Bertz CT molecular complexity index is 379. The van der Waals surface area contributed by atoms with Gasteiger partial charge in [-0.3, -0.25) is 4.79 Å². The van der Waals surface area contributed by atoms with Gasteiger partial charge in [-0.2, -0.15) is 0 Å². The topological polar surface area (TPSA) is 61.5 Å². The van der Waals surface area contributed by atoms with Gasteiger partial charge in [-0.25, -0.2) is 0 Å². The number of nitrogens with two attached hydrogens (primary N) is 1. The van der Waals surface area contributed by atoms with Crippen LogP contribution in [0.3, 0.4) is 0 Å². The van der Waals surface area contributed by atoms with Gasteiger partial charge in [-0.15, -0.1) is 0 Å². The van der Waals surface area contributed by atoms with Crippen LogP contribution >= 0.6 is 15.9 Å². The van der Waals surface area contributed by atoms with E-state index in [0.29, 0.717) is 21.5 Å². The fraction of sp³-hybridized carbons (Fsp3) is 0.300. The molecule has 0 aliphatic heterocycles. The summed E-state index contributed by atoms with van der Waals surface area (Å²) in [5.41, 5.74) is 5.74. The lowest BCUT2D eigenvalue weighted by molar-refractivity contribution is 0.0997. The highest BCUT2D eigenvalue weighted by Gasteiger charge is 2.18. The van der Waals surface area contributed by atoms with Crippen molar-refractivity contribution in [1.29, 1.82) is 0 Å². The Morgan fingerprint density at radius 1 is 1.33 bits per heavy atom. The third-order valence-corrected chi connectivity index (χ3v) is 2.76. The van der Waals surface area contributed by atoms with Gasteiger partial charge >= 0.3 is 0 Å². The molecule has 1 rings (SSSR count). The summed E-state index contributed by atoms with van der Waals surface area (Å²) >= 11 is 3.29. The monoisotopic (exact) mass is 273 g/mol. The molecule has 0 aliphatic carbocycles. The van der Waals surface area contributed by atoms with Crippen molar-refractivity contribution in [3.8, 4) is 11.5 Å². The van der Waals surface area contributed by atoms with Gasteiger partial charge in [0.2, 0.25) is 0 Å². The van der Waals surface area contributed by atoms with E-state index < -0.39 is 0 Å².